The highest BCUT2D eigenvalue weighted by molar-refractivity contribution is 7.89. The highest BCUT2D eigenvalue weighted by atomic mass is 32.2. The summed E-state index contributed by atoms with van der Waals surface area (Å²) in [7, 11) is -0.374. The molecule has 0 heterocycles. The van der Waals surface area contributed by atoms with Crippen molar-refractivity contribution in [2.24, 2.45) is 0 Å². The van der Waals surface area contributed by atoms with Crippen LogP contribution in [0.4, 0.5) is 0 Å². The van der Waals surface area contributed by atoms with Crippen molar-refractivity contribution < 1.29 is 17.9 Å². The van der Waals surface area contributed by atoms with E-state index in [4.69, 9.17) is 4.74 Å². The van der Waals surface area contributed by atoms with Crippen molar-refractivity contribution in [3.63, 3.8) is 0 Å². The minimum absolute atomic E-state index is 0.117. The molecule has 0 unspecified atom stereocenters. The number of carbonyl (C=O) groups is 1. The summed E-state index contributed by atoms with van der Waals surface area (Å²) in [5.41, 5.74) is 2.64. The molecule has 0 aliphatic carbocycles. The Kier molecular flexibility index (Phi) is 6.90. The number of benzene rings is 2. The number of methoxy groups -OCH3 is 1. The summed E-state index contributed by atoms with van der Waals surface area (Å²) in [6.45, 7) is 2.98. The Bertz CT molecular complexity index is 848. The summed E-state index contributed by atoms with van der Waals surface area (Å²) in [5, 5.41) is 0. The van der Waals surface area contributed by atoms with E-state index in [9.17, 15) is 13.2 Å². The lowest BCUT2D eigenvalue weighted by molar-refractivity contribution is 0.0785. The standard InChI is InChI=1S/C19H24N2O4S/c1-15-6-4-5-7-17(15)14-21(2)19(22)16-8-10-18(11-9-16)26(23,24)20-12-13-25-3/h4-11,20H,12-14H2,1-3H3. The largest absolute Gasteiger partial charge is 0.383 e. The summed E-state index contributed by atoms with van der Waals surface area (Å²) >= 11 is 0. The minimum Gasteiger partial charge on any atom is -0.383 e. The summed E-state index contributed by atoms with van der Waals surface area (Å²) in [6.07, 6.45) is 0. The molecule has 26 heavy (non-hydrogen) atoms. The maximum Gasteiger partial charge on any atom is 0.253 e. The van der Waals surface area contributed by atoms with Gasteiger partial charge in [-0.1, -0.05) is 24.3 Å². The van der Waals surface area contributed by atoms with Crippen molar-refractivity contribution in [1.82, 2.24) is 9.62 Å². The van der Waals surface area contributed by atoms with Crippen LogP contribution in [0.15, 0.2) is 53.4 Å². The number of aryl methyl sites for hydroxylation is 1. The van der Waals surface area contributed by atoms with Crippen LogP contribution >= 0.6 is 0 Å². The lowest BCUT2D eigenvalue weighted by Gasteiger charge is -2.18. The van der Waals surface area contributed by atoms with Crippen molar-refractivity contribution in [2.75, 3.05) is 27.3 Å². The molecule has 0 spiro atoms. The molecule has 2 aromatic carbocycles. The molecule has 7 heteroatoms. The van der Waals surface area contributed by atoms with E-state index in [2.05, 4.69) is 4.72 Å². The zero-order valence-corrected chi connectivity index (χ0v) is 16.0. The number of hydrogen-bond donors (Lipinski definition) is 1. The van der Waals surface area contributed by atoms with E-state index in [0.717, 1.165) is 11.1 Å². The third kappa shape index (κ3) is 5.14. The van der Waals surface area contributed by atoms with Gasteiger partial charge >= 0.3 is 0 Å². The van der Waals surface area contributed by atoms with E-state index >= 15 is 0 Å². The van der Waals surface area contributed by atoms with E-state index in [1.807, 2.05) is 31.2 Å². The maximum atomic E-state index is 12.6. The van der Waals surface area contributed by atoms with Gasteiger partial charge in [0.2, 0.25) is 10.0 Å². The number of amides is 1. The summed E-state index contributed by atoms with van der Waals surface area (Å²) in [5.74, 6) is -0.162. The van der Waals surface area contributed by atoms with Crippen molar-refractivity contribution in [2.45, 2.75) is 18.4 Å². The van der Waals surface area contributed by atoms with E-state index in [0.29, 0.717) is 18.7 Å². The molecule has 140 valence electrons. The zero-order valence-electron chi connectivity index (χ0n) is 15.2. The first-order valence-corrected chi connectivity index (χ1v) is 9.72. The summed E-state index contributed by atoms with van der Waals surface area (Å²) < 4.78 is 31.5. The molecule has 2 rings (SSSR count). The van der Waals surface area contributed by atoms with Gasteiger partial charge in [0.15, 0.2) is 0 Å². The molecule has 0 fully saturated rings. The normalized spacial score (nSPS) is 11.3. The quantitative estimate of drug-likeness (QED) is 0.717. The maximum absolute atomic E-state index is 12.6. The van der Waals surface area contributed by atoms with Crippen LogP contribution in [0.25, 0.3) is 0 Å². The van der Waals surface area contributed by atoms with Crippen LogP contribution in [-0.4, -0.2) is 46.5 Å². The van der Waals surface area contributed by atoms with Crippen LogP contribution in [0.2, 0.25) is 0 Å². The Balaban J connectivity index is 2.07. The Morgan fingerprint density at radius 1 is 1.12 bits per heavy atom. The molecule has 6 nitrogen and oxygen atoms in total. The summed E-state index contributed by atoms with van der Waals surface area (Å²) in [4.78, 5) is 14.3. The molecule has 0 radical (unpaired) electrons. The van der Waals surface area contributed by atoms with E-state index in [1.165, 1.54) is 31.4 Å². The fourth-order valence-corrected chi connectivity index (χ4v) is 3.49. The Morgan fingerprint density at radius 2 is 1.77 bits per heavy atom. The topological polar surface area (TPSA) is 75.7 Å². The lowest BCUT2D eigenvalue weighted by atomic mass is 10.1. The number of ether oxygens (including phenoxy) is 1. The van der Waals surface area contributed by atoms with E-state index in [-0.39, 0.29) is 17.3 Å². The third-order valence-electron chi connectivity index (χ3n) is 4.03. The molecule has 0 saturated heterocycles. The number of hydrogen-bond acceptors (Lipinski definition) is 4. The molecule has 1 N–H and O–H groups in total. The van der Waals surface area contributed by atoms with Gasteiger partial charge in [-0.15, -0.1) is 0 Å². The lowest BCUT2D eigenvalue weighted by Crippen LogP contribution is -2.28. The average Bonchev–Trinajstić information content (AvgIpc) is 2.63. The predicted octanol–water partition coefficient (Wildman–Crippen LogP) is 2.19. The minimum atomic E-state index is -3.60. The van der Waals surface area contributed by atoms with Crippen LogP contribution in [0, 0.1) is 6.92 Å². The fourth-order valence-electron chi connectivity index (χ4n) is 2.47. The first-order valence-electron chi connectivity index (χ1n) is 8.24. The molecule has 0 bridgehead atoms. The molecular formula is C19H24N2O4S. The van der Waals surface area contributed by atoms with Crippen molar-refractivity contribution >= 4 is 15.9 Å². The van der Waals surface area contributed by atoms with Gasteiger partial charge in [-0.25, -0.2) is 13.1 Å². The zero-order chi connectivity index (χ0) is 19.2. The van der Waals surface area contributed by atoms with Gasteiger partial charge in [0.05, 0.1) is 11.5 Å². The number of nitrogens with zero attached hydrogens (tertiary/aromatic N) is 1. The number of sulfonamides is 1. The summed E-state index contributed by atoms with van der Waals surface area (Å²) in [6, 6.07) is 13.8. The van der Waals surface area contributed by atoms with Gasteiger partial charge < -0.3 is 9.64 Å². The fraction of sp³-hybridized carbons (Fsp3) is 0.316. The Labute approximate surface area is 154 Å². The second-order valence-electron chi connectivity index (χ2n) is 6.00. The van der Waals surface area contributed by atoms with Gasteiger partial charge in [-0.2, -0.15) is 0 Å². The van der Waals surface area contributed by atoms with Gasteiger partial charge in [0.1, 0.15) is 0 Å². The van der Waals surface area contributed by atoms with Crippen molar-refractivity contribution in [3.05, 3.63) is 65.2 Å². The SMILES string of the molecule is COCCNS(=O)(=O)c1ccc(C(=O)N(C)Cc2ccccc2C)cc1. The second kappa shape index (κ2) is 8.93. The van der Waals surface area contributed by atoms with E-state index < -0.39 is 10.0 Å². The van der Waals surface area contributed by atoms with Crippen LogP contribution < -0.4 is 4.72 Å². The van der Waals surface area contributed by atoms with Gasteiger partial charge in [0, 0.05) is 32.8 Å². The number of rotatable bonds is 8. The number of nitrogens with one attached hydrogen (secondary N) is 1. The van der Waals surface area contributed by atoms with Crippen LogP contribution in [0.5, 0.6) is 0 Å². The highest BCUT2D eigenvalue weighted by Crippen LogP contribution is 2.14. The van der Waals surface area contributed by atoms with Crippen LogP contribution in [-0.2, 0) is 21.3 Å². The molecule has 0 aliphatic rings. The van der Waals surface area contributed by atoms with Gasteiger partial charge in [0.25, 0.3) is 5.91 Å². The molecule has 0 atom stereocenters. The highest BCUT2D eigenvalue weighted by Gasteiger charge is 2.16. The molecule has 2 aromatic rings. The third-order valence-corrected chi connectivity index (χ3v) is 5.50. The molecule has 0 saturated carbocycles. The molecule has 1 amide bonds. The predicted molar refractivity (Wildman–Crippen MR) is 100 cm³/mol. The number of carbonyl (C=O) groups excluding carboxylic acids is 1. The molecule has 0 aliphatic heterocycles. The first-order chi connectivity index (χ1) is 12.3. The van der Waals surface area contributed by atoms with Crippen LogP contribution in [0.1, 0.15) is 21.5 Å². The van der Waals surface area contributed by atoms with Crippen molar-refractivity contribution in [1.29, 1.82) is 0 Å². The van der Waals surface area contributed by atoms with Crippen LogP contribution in [0.3, 0.4) is 0 Å². The van der Waals surface area contributed by atoms with Gasteiger partial charge in [-0.05, 0) is 42.3 Å². The first kappa shape index (κ1) is 20.1. The Morgan fingerprint density at radius 3 is 2.38 bits per heavy atom. The second-order valence-corrected chi connectivity index (χ2v) is 7.77. The van der Waals surface area contributed by atoms with Crippen molar-refractivity contribution in [3.8, 4) is 0 Å². The van der Waals surface area contributed by atoms with Gasteiger partial charge in [-0.3, -0.25) is 4.79 Å². The smallest absolute Gasteiger partial charge is 0.253 e. The monoisotopic (exact) mass is 376 g/mol. The molecular weight excluding hydrogens is 352 g/mol. The Hall–Kier alpha value is -2.22. The van der Waals surface area contributed by atoms with E-state index in [1.54, 1.807) is 11.9 Å². The molecule has 0 aromatic heterocycles. The average molecular weight is 376 g/mol.